The van der Waals surface area contributed by atoms with Crippen LogP contribution in [0.1, 0.15) is 30.5 Å². The SMILES string of the molecule is Cc1ccc(N(CC(=O)N(Cc2cccc(Cl)c2)[C@H](Cc2ccccc2)C(=O)NCC(C)C)S(C)(=O)=O)cc1Cl. The Labute approximate surface area is 247 Å². The first kappa shape index (κ1) is 31.5. The Morgan fingerprint density at radius 1 is 0.925 bits per heavy atom. The zero-order chi connectivity index (χ0) is 29.4. The Hall–Kier alpha value is -3.07. The third kappa shape index (κ3) is 8.98. The van der Waals surface area contributed by atoms with E-state index < -0.39 is 28.5 Å². The second kappa shape index (κ2) is 14.0. The molecule has 0 aliphatic rings. The molecule has 2 amide bonds. The zero-order valence-corrected chi connectivity index (χ0v) is 25.4. The number of hydrogen-bond donors (Lipinski definition) is 1. The van der Waals surface area contributed by atoms with E-state index in [1.807, 2.05) is 50.2 Å². The Kier molecular flexibility index (Phi) is 11.0. The fourth-order valence-corrected chi connectivity index (χ4v) is 5.39. The van der Waals surface area contributed by atoms with Gasteiger partial charge in [0.25, 0.3) is 0 Å². The van der Waals surface area contributed by atoms with E-state index in [2.05, 4.69) is 5.32 Å². The van der Waals surface area contributed by atoms with Crippen molar-refractivity contribution in [3.05, 3.63) is 99.5 Å². The van der Waals surface area contributed by atoms with Crippen LogP contribution >= 0.6 is 23.2 Å². The predicted octanol–water partition coefficient (Wildman–Crippen LogP) is 5.48. The predicted molar refractivity (Wildman–Crippen MR) is 162 cm³/mol. The first-order valence-corrected chi connectivity index (χ1v) is 15.5. The van der Waals surface area contributed by atoms with Crippen molar-refractivity contribution >= 4 is 50.7 Å². The summed E-state index contributed by atoms with van der Waals surface area (Å²) >= 11 is 12.5. The monoisotopic (exact) mass is 603 g/mol. The van der Waals surface area contributed by atoms with Crippen LogP contribution in [0, 0.1) is 12.8 Å². The number of rotatable bonds is 12. The topological polar surface area (TPSA) is 86.8 Å². The van der Waals surface area contributed by atoms with Crippen molar-refractivity contribution in [1.82, 2.24) is 10.2 Å². The Morgan fingerprint density at radius 2 is 1.60 bits per heavy atom. The zero-order valence-electron chi connectivity index (χ0n) is 23.1. The highest BCUT2D eigenvalue weighted by atomic mass is 35.5. The van der Waals surface area contributed by atoms with Gasteiger partial charge in [-0.2, -0.15) is 0 Å². The molecule has 0 aliphatic heterocycles. The van der Waals surface area contributed by atoms with Crippen molar-refractivity contribution in [1.29, 1.82) is 0 Å². The molecule has 0 aromatic heterocycles. The fourth-order valence-electron chi connectivity index (χ4n) is 4.16. The smallest absolute Gasteiger partial charge is 0.244 e. The van der Waals surface area contributed by atoms with Crippen molar-refractivity contribution in [3.63, 3.8) is 0 Å². The number of benzene rings is 3. The molecular formula is C30H35Cl2N3O4S. The Bertz CT molecular complexity index is 1430. The number of sulfonamides is 1. The average Bonchev–Trinajstić information content (AvgIpc) is 2.89. The van der Waals surface area contributed by atoms with Gasteiger partial charge in [-0.15, -0.1) is 0 Å². The second-order valence-electron chi connectivity index (χ2n) is 10.2. The molecule has 1 N–H and O–H groups in total. The van der Waals surface area contributed by atoms with Gasteiger partial charge in [-0.1, -0.05) is 85.6 Å². The van der Waals surface area contributed by atoms with Crippen LogP contribution in [0.3, 0.4) is 0 Å². The number of aryl methyl sites for hydroxylation is 1. The van der Waals surface area contributed by atoms with Gasteiger partial charge in [0.2, 0.25) is 21.8 Å². The molecule has 3 aromatic carbocycles. The summed E-state index contributed by atoms with van der Waals surface area (Å²) in [5, 5.41) is 3.82. The van der Waals surface area contributed by atoms with E-state index in [4.69, 9.17) is 23.2 Å². The van der Waals surface area contributed by atoms with Gasteiger partial charge < -0.3 is 10.2 Å². The van der Waals surface area contributed by atoms with Gasteiger partial charge >= 0.3 is 0 Å². The summed E-state index contributed by atoms with van der Waals surface area (Å²) in [4.78, 5) is 29.1. The van der Waals surface area contributed by atoms with Crippen LogP contribution in [-0.4, -0.2) is 50.5 Å². The number of anilines is 1. The minimum absolute atomic E-state index is 0.0538. The highest BCUT2D eigenvalue weighted by Gasteiger charge is 2.33. The maximum atomic E-state index is 14.1. The third-order valence-corrected chi connectivity index (χ3v) is 8.10. The molecule has 1 atom stereocenters. The van der Waals surface area contributed by atoms with Crippen molar-refractivity contribution < 1.29 is 18.0 Å². The molecular weight excluding hydrogens is 569 g/mol. The van der Waals surface area contributed by atoms with E-state index >= 15 is 0 Å². The third-order valence-electron chi connectivity index (χ3n) is 6.32. The fraction of sp³-hybridized carbons (Fsp3) is 0.333. The van der Waals surface area contributed by atoms with Crippen LogP contribution < -0.4 is 9.62 Å². The summed E-state index contributed by atoms with van der Waals surface area (Å²) in [7, 11) is -3.88. The largest absolute Gasteiger partial charge is 0.354 e. The van der Waals surface area contributed by atoms with Crippen LogP contribution in [-0.2, 0) is 32.6 Å². The number of nitrogens with zero attached hydrogens (tertiary/aromatic N) is 2. The first-order chi connectivity index (χ1) is 18.8. The molecule has 3 aromatic rings. The summed E-state index contributed by atoms with van der Waals surface area (Å²) in [5.74, 6) is -0.662. The lowest BCUT2D eigenvalue weighted by molar-refractivity contribution is -0.140. The molecule has 0 saturated heterocycles. The van der Waals surface area contributed by atoms with Gasteiger partial charge in [-0.05, 0) is 53.8 Å². The van der Waals surface area contributed by atoms with Crippen LogP contribution in [0.4, 0.5) is 5.69 Å². The molecule has 0 heterocycles. The average molecular weight is 605 g/mol. The molecule has 0 spiro atoms. The van der Waals surface area contributed by atoms with Crippen molar-refractivity contribution in [2.45, 2.75) is 39.8 Å². The summed E-state index contributed by atoms with van der Waals surface area (Å²) in [6.45, 7) is 5.75. The lowest BCUT2D eigenvalue weighted by Gasteiger charge is -2.33. The van der Waals surface area contributed by atoms with E-state index in [0.29, 0.717) is 22.2 Å². The lowest BCUT2D eigenvalue weighted by atomic mass is 10.0. The molecule has 3 rings (SSSR count). The van der Waals surface area contributed by atoms with Gasteiger partial charge in [0.05, 0.1) is 11.9 Å². The van der Waals surface area contributed by atoms with E-state index in [-0.39, 0.29) is 30.5 Å². The van der Waals surface area contributed by atoms with Crippen LogP contribution in [0.15, 0.2) is 72.8 Å². The van der Waals surface area contributed by atoms with Crippen molar-refractivity contribution in [3.8, 4) is 0 Å². The van der Waals surface area contributed by atoms with Crippen LogP contribution in [0.5, 0.6) is 0 Å². The first-order valence-electron chi connectivity index (χ1n) is 12.9. The minimum Gasteiger partial charge on any atom is -0.354 e. The van der Waals surface area contributed by atoms with Crippen LogP contribution in [0.25, 0.3) is 0 Å². The summed E-state index contributed by atoms with van der Waals surface area (Å²) in [6, 6.07) is 20.3. The van der Waals surface area contributed by atoms with Gasteiger partial charge in [-0.3, -0.25) is 13.9 Å². The summed E-state index contributed by atoms with van der Waals surface area (Å²) < 4.78 is 26.8. The number of nitrogens with one attached hydrogen (secondary N) is 1. The molecule has 214 valence electrons. The number of carbonyl (C=O) groups excluding carboxylic acids is 2. The quantitative estimate of drug-likeness (QED) is 0.297. The highest BCUT2D eigenvalue weighted by molar-refractivity contribution is 7.92. The maximum Gasteiger partial charge on any atom is 0.244 e. The van der Waals surface area contributed by atoms with Gasteiger partial charge in [0.15, 0.2) is 0 Å². The van der Waals surface area contributed by atoms with Crippen LogP contribution in [0.2, 0.25) is 10.0 Å². The van der Waals surface area contributed by atoms with Gasteiger partial charge in [-0.25, -0.2) is 8.42 Å². The summed E-state index contributed by atoms with van der Waals surface area (Å²) in [5.41, 5.74) is 2.61. The molecule has 0 bridgehead atoms. The molecule has 0 saturated carbocycles. The van der Waals surface area contributed by atoms with Crippen molar-refractivity contribution in [2.24, 2.45) is 5.92 Å². The second-order valence-corrected chi connectivity index (χ2v) is 12.9. The molecule has 0 aliphatic carbocycles. The molecule has 7 nitrogen and oxygen atoms in total. The van der Waals surface area contributed by atoms with E-state index in [9.17, 15) is 18.0 Å². The number of amides is 2. The van der Waals surface area contributed by atoms with Gasteiger partial charge in [0, 0.05) is 29.6 Å². The molecule has 10 heteroatoms. The van der Waals surface area contributed by atoms with Gasteiger partial charge in [0.1, 0.15) is 12.6 Å². The standard InChI is InChI=1S/C30H35Cl2N3O4S/c1-21(2)18-33-30(37)28(16-23-9-6-5-7-10-23)34(19-24-11-8-12-25(31)15-24)29(36)20-35(40(4,38)39)26-14-13-22(3)27(32)17-26/h5-15,17,21,28H,16,18-20H2,1-4H3,(H,33,37)/t28-/m1/s1. The minimum atomic E-state index is -3.88. The molecule has 0 unspecified atom stereocenters. The number of carbonyl (C=O) groups is 2. The number of hydrogen-bond acceptors (Lipinski definition) is 4. The van der Waals surface area contributed by atoms with E-state index in [0.717, 1.165) is 21.7 Å². The Balaban J connectivity index is 2.06. The Morgan fingerprint density at radius 3 is 2.20 bits per heavy atom. The lowest BCUT2D eigenvalue weighted by Crippen LogP contribution is -2.53. The highest BCUT2D eigenvalue weighted by Crippen LogP contribution is 2.26. The molecule has 0 fully saturated rings. The molecule has 0 radical (unpaired) electrons. The van der Waals surface area contributed by atoms with Crippen molar-refractivity contribution in [2.75, 3.05) is 23.7 Å². The molecule has 40 heavy (non-hydrogen) atoms. The van der Waals surface area contributed by atoms with E-state index in [1.165, 1.54) is 11.0 Å². The maximum absolute atomic E-state index is 14.1. The van der Waals surface area contributed by atoms with E-state index in [1.54, 1.807) is 37.3 Å². The number of halogens is 2. The normalized spacial score (nSPS) is 12.2. The summed E-state index contributed by atoms with van der Waals surface area (Å²) in [6.07, 6.45) is 1.28.